The highest BCUT2D eigenvalue weighted by Gasteiger charge is 1.99. The number of nitrogens with zero attached hydrogens (tertiary/aromatic N) is 1. The minimum Gasteiger partial charge on any atom is -0.383 e. The van der Waals surface area contributed by atoms with Crippen molar-refractivity contribution in [1.29, 1.82) is 0 Å². The van der Waals surface area contributed by atoms with Crippen molar-refractivity contribution in [3.63, 3.8) is 0 Å². The molecule has 0 bridgehead atoms. The summed E-state index contributed by atoms with van der Waals surface area (Å²) in [5, 5.41) is 0. The van der Waals surface area contributed by atoms with Crippen LogP contribution < -0.4 is 0 Å². The molecule has 0 aromatic carbocycles. The predicted molar refractivity (Wildman–Crippen MR) is 71.7 cm³/mol. The summed E-state index contributed by atoms with van der Waals surface area (Å²) in [5.74, 6) is 0. The first-order chi connectivity index (χ1) is 4.85. The smallest absolute Gasteiger partial charge is 0.0767 e. The molecule has 0 saturated carbocycles. The van der Waals surface area contributed by atoms with E-state index in [9.17, 15) is 0 Å². The summed E-state index contributed by atoms with van der Waals surface area (Å²) in [6.07, 6.45) is 0. The van der Waals surface area contributed by atoms with E-state index in [2.05, 4.69) is 3.90 Å². The summed E-state index contributed by atoms with van der Waals surface area (Å²) >= 11 is 0. The maximum Gasteiger partial charge on any atom is 0.0767 e. The van der Waals surface area contributed by atoms with E-state index in [1.54, 1.807) is 17.0 Å². The molecule has 10 heavy (non-hydrogen) atoms. The average molecular weight is 240 g/mol. The van der Waals surface area contributed by atoms with Gasteiger partial charge in [0, 0.05) is 30.7 Å². The first-order valence-corrected chi connectivity index (χ1v) is 13.7. The molecule has 0 unspecified atom stereocenters. The zero-order chi connectivity index (χ0) is 7.82. The summed E-state index contributed by atoms with van der Waals surface area (Å²) in [6, 6.07) is 0. The van der Waals surface area contributed by atoms with Gasteiger partial charge in [-0.3, -0.25) is 0 Å². The van der Waals surface area contributed by atoms with Gasteiger partial charge in [0.1, 0.15) is 0 Å². The topological polar surface area (TPSA) is 3.24 Å². The lowest BCUT2D eigenvalue weighted by atomic mass is 11.9. The van der Waals surface area contributed by atoms with Gasteiger partial charge in [0.05, 0.1) is 29.0 Å². The molecule has 0 aliphatic rings. The van der Waals surface area contributed by atoms with Crippen molar-refractivity contribution in [2.75, 3.05) is 0 Å². The normalized spacial score (nSPS) is 15.3. The van der Waals surface area contributed by atoms with E-state index in [1.807, 2.05) is 0 Å². The molecule has 0 aromatic rings. The molecule has 0 heterocycles. The Kier molecular flexibility index (Phi) is 9.41. The van der Waals surface area contributed by atoms with Crippen molar-refractivity contribution in [2.24, 2.45) is 0 Å². The Balaban J connectivity index is 3.30. The molecule has 0 atom stereocenters. The summed E-state index contributed by atoms with van der Waals surface area (Å²) in [7, 11) is 5.59. The van der Waals surface area contributed by atoms with Gasteiger partial charge in [-0.2, -0.15) is 0 Å². The van der Waals surface area contributed by atoms with Crippen molar-refractivity contribution in [1.82, 2.24) is 3.90 Å². The number of rotatable bonds is 6. The van der Waals surface area contributed by atoms with Gasteiger partial charge in [-0.25, -0.2) is 0 Å². The van der Waals surface area contributed by atoms with Crippen LogP contribution in [-0.2, 0) is 0 Å². The summed E-state index contributed by atoms with van der Waals surface area (Å²) in [6.45, 7) is 0. The van der Waals surface area contributed by atoms with Crippen LogP contribution in [0, 0.1) is 0 Å². The third-order valence-corrected chi connectivity index (χ3v) is 14.6. The molecule has 0 aliphatic heterocycles. The van der Waals surface area contributed by atoms with E-state index in [0.717, 1.165) is 0 Å². The van der Waals surface area contributed by atoms with Gasteiger partial charge in [0.15, 0.2) is 0 Å². The first-order valence-electron chi connectivity index (χ1n) is 4.57. The van der Waals surface area contributed by atoms with Gasteiger partial charge in [-0.1, -0.05) is 17.0 Å². The quantitative estimate of drug-likeness (QED) is 0.419. The van der Waals surface area contributed by atoms with Gasteiger partial charge in [-0.15, -0.1) is 0 Å². The van der Waals surface area contributed by atoms with Crippen LogP contribution in [0.4, 0.5) is 0 Å². The minimum atomic E-state index is 0.377. The van der Waals surface area contributed by atoms with Gasteiger partial charge in [0.25, 0.3) is 0 Å². The molecular formula is C3H21NSi6. The van der Waals surface area contributed by atoms with E-state index in [0.29, 0.717) is 29.0 Å². The van der Waals surface area contributed by atoms with E-state index in [4.69, 9.17) is 0 Å². The predicted octanol–water partition coefficient (Wildman–Crippen LogP) is -5.24. The molecule has 0 N–H and O–H groups in total. The average Bonchev–Trinajstić information content (AvgIpc) is 1.90. The second-order valence-corrected chi connectivity index (χ2v) is 21.5. The Morgan fingerprint density at radius 1 is 0.800 bits per heavy atom. The van der Waals surface area contributed by atoms with Crippen molar-refractivity contribution in [3.8, 4) is 0 Å². The van der Waals surface area contributed by atoms with Crippen LogP contribution in [0.1, 0.15) is 0 Å². The Bertz CT molecular complexity index is 55.7. The molecule has 1 nitrogen and oxygen atoms in total. The number of hydrogen-bond acceptors (Lipinski definition) is 1. The monoisotopic (exact) mass is 239 g/mol. The molecule has 0 aromatic heterocycles. The zero-order valence-electron chi connectivity index (χ0n) is 7.69. The second kappa shape index (κ2) is 8.36. The summed E-state index contributed by atoms with van der Waals surface area (Å²) in [5.41, 5.74) is 5.01. The molecule has 7 heteroatoms. The van der Waals surface area contributed by atoms with E-state index in [1.165, 1.54) is 30.7 Å². The van der Waals surface area contributed by atoms with E-state index < -0.39 is 0 Å². The number of hydrogen-bond donors (Lipinski definition) is 0. The molecule has 0 radical (unpaired) electrons. The van der Waals surface area contributed by atoms with Gasteiger partial charge in [0.2, 0.25) is 0 Å². The van der Waals surface area contributed by atoms with Crippen LogP contribution in [0.2, 0.25) is 17.0 Å². The zero-order valence-corrected chi connectivity index (χ0v) is 17.9. The lowest BCUT2D eigenvalue weighted by Gasteiger charge is -2.19. The molecule has 0 saturated heterocycles. The van der Waals surface area contributed by atoms with Crippen LogP contribution >= 0.6 is 0 Å². The summed E-state index contributed by atoms with van der Waals surface area (Å²) in [4.78, 5) is 0. The third kappa shape index (κ3) is 6.00. The van der Waals surface area contributed by atoms with Gasteiger partial charge >= 0.3 is 0 Å². The van der Waals surface area contributed by atoms with Crippen LogP contribution in [0.5, 0.6) is 0 Å². The van der Waals surface area contributed by atoms with Crippen LogP contribution in [0.15, 0.2) is 0 Å². The van der Waals surface area contributed by atoms with Crippen molar-refractivity contribution >= 4 is 59.8 Å². The molecule has 62 valence electrons. The maximum atomic E-state index is 3.06. The Hall–Kier alpha value is 1.26. The fourth-order valence-electron chi connectivity index (χ4n) is 1.28. The first kappa shape index (κ1) is 11.3. The SMILES string of the molecule is [SiH3]C[SiH2]N([SiH2]C[SiH3])[SiH2]C[SiH3]. The fourth-order valence-corrected chi connectivity index (χ4v) is 28.6. The fraction of sp³-hybridized carbons (Fsp3) is 1.00. The Morgan fingerprint density at radius 3 is 1.30 bits per heavy atom. The van der Waals surface area contributed by atoms with Crippen molar-refractivity contribution in [2.45, 2.75) is 17.0 Å². The molecular weight excluding hydrogens is 219 g/mol. The van der Waals surface area contributed by atoms with E-state index >= 15 is 0 Å². The standard InChI is InChI=1S/C3H21NSi6/c5-1-8-4(9-2-6)10-3-7/h1-3,8-10H2,5-7H3. The lowest BCUT2D eigenvalue weighted by molar-refractivity contribution is 1.08. The van der Waals surface area contributed by atoms with Crippen molar-refractivity contribution in [3.05, 3.63) is 0 Å². The van der Waals surface area contributed by atoms with Crippen LogP contribution in [0.25, 0.3) is 0 Å². The highest BCUT2D eigenvalue weighted by Crippen LogP contribution is 1.85. The van der Waals surface area contributed by atoms with Crippen LogP contribution in [0.3, 0.4) is 0 Å². The molecule has 0 spiro atoms. The van der Waals surface area contributed by atoms with Gasteiger partial charge < -0.3 is 3.90 Å². The third-order valence-electron chi connectivity index (χ3n) is 1.62. The maximum absolute atomic E-state index is 3.06. The second-order valence-electron chi connectivity index (χ2n) is 2.84. The molecule has 0 aliphatic carbocycles. The van der Waals surface area contributed by atoms with Gasteiger partial charge in [-0.05, 0) is 0 Å². The minimum absolute atomic E-state index is 0.377. The highest BCUT2D eigenvalue weighted by atomic mass is 28.4. The molecule has 0 fully saturated rings. The largest absolute Gasteiger partial charge is 0.383 e. The Morgan fingerprint density at radius 2 is 1.10 bits per heavy atom. The van der Waals surface area contributed by atoms with Crippen molar-refractivity contribution < 1.29 is 0 Å². The summed E-state index contributed by atoms with van der Waals surface area (Å²) < 4.78 is 3.06. The highest BCUT2D eigenvalue weighted by molar-refractivity contribution is 6.71. The lowest BCUT2D eigenvalue weighted by Crippen LogP contribution is -2.35. The van der Waals surface area contributed by atoms with E-state index in [-0.39, 0.29) is 0 Å². The molecule has 0 amide bonds. The van der Waals surface area contributed by atoms with Crippen LogP contribution in [-0.4, -0.2) is 63.7 Å². The molecule has 0 rings (SSSR count). The Labute approximate surface area is 80.7 Å².